The molecular weight excluding hydrogens is 322 g/mol. The Morgan fingerprint density at radius 2 is 1.36 bits per heavy atom. The maximum absolute atomic E-state index is 12.6. The van der Waals surface area contributed by atoms with Gasteiger partial charge < -0.3 is 19.6 Å². The minimum absolute atomic E-state index is 0.0824. The number of amides is 3. The van der Waals surface area contributed by atoms with Crippen LogP contribution in [-0.2, 0) is 4.79 Å². The first-order valence-electron chi connectivity index (χ1n) is 8.50. The molecule has 2 saturated heterocycles. The van der Waals surface area contributed by atoms with Crippen LogP contribution in [0.15, 0.2) is 18.5 Å². The number of likely N-dealkylation sites (N-methyl/N-ethyl adjacent to an activating group) is 1. The Balaban J connectivity index is 1.67. The quantitative estimate of drug-likeness (QED) is 0.683. The maximum Gasteiger partial charge on any atom is 0.255 e. The second kappa shape index (κ2) is 7.60. The molecule has 0 aliphatic carbocycles. The molecule has 0 unspecified atom stereocenters. The van der Waals surface area contributed by atoms with Gasteiger partial charge in [-0.2, -0.15) is 0 Å². The monoisotopic (exact) mass is 345 g/mol. The van der Waals surface area contributed by atoms with Crippen molar-refractivity contribution in [3.63, 3.8) is 0 Å². The highest BCUT2D eigenvalue weighted by Crippen LogP contribution is 2.12. The molecule has 0 atom stereocenters. The molecule has 0 N–H and O–H groups in total. The zero-order valence-electron chi connectivity index (χ0n) is 14.4. The number of pyridine rings is 1. The van der Waals surface area contributed by atoms with Gasteiger partial charge in [0.2, 0.25) is 6.41 Å². The average molecular weight is 345 g/mol. The van der Waals surface area contributed by atoms with Gasteiger partial charge in [-0.1, -0.05) is 0 Å². The van der Waals surface area contributed by atoms with Crippen molar-refractivity contribution in [2.75, 3.05) is 59.4 Å². The Labute approximate surface area is 147 Å². The summed E-state index contributed by atoms with van der Waals surface area (Å²) in [5.41, 5.74) is 0.862. The van der Waals surface area contributed by atoms with E-state index in [1.54, 1.807) is 20.8 Å². The zero-order valence-corrected chi connectivity index (χ0v) is 14.4. The van der Waals surface area contributed by atoms with Gasteiger partial charge in [0, 0.05) is 64.8 Å². The van der Waals surface area contributed by atoms with E-state index in [9.17, 15) is 14.4 Å². The van der Waals surface area contributed by atoms with E-state index in [1.165, 1.54) is 12.4 Å². The van der Waals surface area contributed by atoms with Crippen LogP contribution in [0.2, 0.25) is 0 Å². The van der Waals surface area contributed by atoms with Crippen LogP contribution in [0.1, 0.15) is 20.7 Å². The van der Waals surface area contributed by atoms with E-state index < -0.39 is 0 Å². The third kappa shape index (κ3) is 3.96. The van der Waals surface area contributed by atoms with Crippen molar-refractivity contribution in [1.82, 2.24) is 24.6 Å². The Morgan fingerprint density at radius 1 is 0.880 bits per heavy atom. The van der Waals surface area contributed by atoms with Crippen LogP contribution >= 0.6 is 0 Å². The van der Waals surface area contributed by atoms with Gasteiger partial charge in [0.25, 0.3) is 11.8 Å². The first-order valence-corrected chi connectivity index (χ1v) is 8.50. The van der Waals surface area contributed by atoms with E-state index in [1.807, 2.05) is 7.05 Å². The van der Waals surface area contributed by atoms with Crippen LogP contribution in [-0.4, -0.2) is 102 Å². The standard InChI is InChI=1S/C17H23N5O3/c1-19-2-6-21(7-3-19)16(24)14-10-15(12-18-11-14)17(25)22-8-4-20(13-23)5-9-22/h10-13H,2-9H2,1H3. The summed E-state index contributed by atoms with van der Waals surface area (Å²) in [6.45, 7) is 5.10. The van der Waals surface area contributed by atoms with E-state index in [0.29, 0.717) is 50.4 Å². The van der Waals surface area contributed by atoms with Gasteiger partial charge >= 0.3 is 0 Å². The lowest BCUT2D eigenvalue weighted by atomic mass is 10.1. The third-order valence-electron chi connectivity index (χ3n) is 4.77. The lowest BCUT2D eigenvalue weighted by molar-refractivity contribution is -0.119. The molecule has 0 saturated carbocycles. The summed E-state index contributed by atoms with van der Waals surface area (Å²) < 4.78 is 0. The SMILES string of the molecule is CN1CCN(C(=O)c2cncc(C(=O)N3CCN(C=O)CC3)c2)CC1. The van der Waals surface area contributed by atoms with Crippen LogP contribution in [0.5, 0.6) is 0 Å². The topological polar surface area (TPSA) is 77.1 Å². The fourth-order valence-electron chi connectivity index (χ4n) is 3.08. The number of hydrogen-bond acceptors (Lipinski definition) is 5. The molecule has 2 aliphatic heterocycles. The molecule has 134 valence electrons. The Kier molecular flexibility index (Phi) is 5.28. The number of rotatable bonds is 3. The van der Waals surface area contributed by atoms with Crippen molar-refractivity contribution >= 4 is 18.2 Å². The smallest absolute Gasteiger partial charge is 0.255 e. The van der Waals surface area contributed by atoms with Gasteiger partial charge in [-0.05, 0) is 13.1 Å². The van der Waals surface area contributed by atoms with Gasteiger partial charge in [-0.3, -0.25) is 19.4 Å². The first kappa shape index (κ1) is 17.3. The Hall–Kier alpha value is -2.48. The van der Waals surface area contributed by atoms with Crippen LogP contribution in [0.25, 0.3) is 0 Å². The largest absolute Gasteiger partial charge is 0.342 e. The van der Waals surface area contributed by atoms with E-state index in [4.69, 9.17) is 0 Å². The van der Waals surface area contributed by atoms with Crippen LogP contribution in [0.3, 0.4) is 0 Å². The molecule has 0 spiro atoms. The highest BCUT2D eigenvalue weighted by atomic mass is 16.2. The second-order valence-corrected chi connectivity index (χ2v) is 6.49. The van der Waals surface area contributed by atoms with E-state index in [0.717, 1.165) is 19.5 Å². The zero-order chi connectivity index (χ0) is 17.8. The summed E-state index contributed by atoms with van der Waals surface area (Å²) in [6, 6.07) is 1.63. The molecule has 2 fully saturated rings. The number of hydrogen-bond donors (Lipinski definition) is 0. The molecule has 0 radical (unpaired) electrons. The van der Waals surface area contributed by atoms with Gasteiger partial charge in [0.15, 0.2) is 0 Å². The predicted molar refractivity (Wildman–Crippen MR) is 91.2 cm³/mol. The fourth-order valence-corrected chi connectivity index (χ4v) is 3.08. The third-order valence-corrected chi connectivity index (χ3v) is 4.77. The Morgan fingerprint density at radius 3 is 1.84 bits per heavy atom. The van der Waals surface area contributed by atoms with Crippen LogP contribution in [0.4, 0.5) is 0 Å². The molecule has 8 nitrogen and oxygen atoms in total. The van der Waals surface area contributed by atoms with Crippen molar-refractivity contribution < 1.29 is 14.4 Å². The van der Waals surface area contributed by atoms with Gasteiger partial charge in [-0.15, -0.1) is 0 Å². The molecule has 0 bridgehead atoms. The number of carbonyl (C=O) groups is 3. The van der Waals surface area contributed by atoms with Crippen LogP contribution < -0.4 is 0 Å². The minimum atomic E-state index is -0.147. The number of nitrogens with zero attached hydrogens (tertiary/aromatic N) is 5. The van der Waals surface area contributed by atoms with Crippen molar-refractivity contribution in [3.8, 4) is 0 Å². The molecule has 1 aromatic rings. The van der Waals surface area contributed by atoms with Crippen molar-refractivity contribution in [3.05, 3.63) is 29.6 Å². The highest BCUT2D eigenvalue weighted by Gasteiger charge is 2.24. The summed E-state index contributed by atoms with van der Waals surface area (Å²) >= 11 is 0. The van der Waals surface area contributed by atoms with E-state index in [2.05, 4.69) is 9.88 Å². The normalized spacial score (nSPS) is 19.0. The highest BCUT2D eigenvalue weighted by molar-refractivity contribution is 5.99. The van der Waals surface area contributed by atoms with E-state index in [-0.39, 0.29) is 11.8 Å². The molecule has 2 aliphatic rings. The number of carbonyl (C=O) groups excluding carboxylic acids is 3. The Bertz CT molecular complexity index is 649. The molecule has 25 heavy (non-hydrogen) atoms. The second-order valence-electron chi connectivity index (χ2n) is 6.49. The van der Waals surface area contributed by atoms with Gasteiger partial charge in [0.05, 0.1) is 11.1 Å². The fraction of sp³-hybridized carbons (Fsp3) is 0.529. The maximum atomic E-state index is 12.6. The minimum Gasteiger partial charge on any atom is -0.342 e. The predicted octanol–water partition coefficient (Wildman–Crippen LogP) is -0.617. The summed E-state index contributed by atoms with van der Waals surface area (Å²) in [7, 11) is 2.03. The van der Waals surface area contributed by atoms with Crippen LogP contribution in [0, 0.1) is 0 Å². The lowest BCUT2D eigenvalue weighted by Crippen LogP contribution is -2.48. The van der Waals surface area contributed by atoms with Crippen molar-refractivity contribution in [1.29, 1.82) is 0 Å². The molecule has 8 heteroatoms. The van der Waals surface area contributed by atoms with E-state index >= 15 is 0 Å². The summed E-state index contributed by atoms with van der Waals surface area (Å²) in [5, 5.41) is 0. The summed E-state index contributed by atoms with van der Waals surface area (Å²) in [5.74, 6) is -0.230. The molecule has 1 aromatic heterocycles. The number of aromatic nitrogens is 1. The van der Waals surface area contributed by atoms with Gasteiger partial charge in [0.1, 0.15) is 0 Å². The molecule has 3 heterocycles. The lowest BCUT2D eigenvalue weighted by Gasteiger charge is -2.33. The average Bonchev–Trinajstić information content (AvgIpc) is 2.67. The summed E-state index contributed by atoms with van der Waals surface area (Å²) in [6.07, 6.45) is 3.82. The van der Waals surface area contributed by atoms with Crippen molar-refractivity contribution in [2.24, 2.45) is 0 Å². The molecule has 3 amide bonds. The molecular formula is C17H23N5O3. The van der Waals surface area contributed by atoms with Gasteiger partial charge in [-0.25, -0.2) is 0 Å². The summed E-state index contributed by atoms with van der Waals surface area (Å²) in [4.78, 5) is 47.5. The number of piperazine rings is 2. The first-order chi connectivity index (χ1) is 12.1. The molecule has 3 rings (SSSR count). The molecule has 0 aromatic carbocycles. The van der Waals surface area contributed by atoms with Crippen molar-refractivity contribution in [2.45, 2.75) is 0 Å².